The summed E-state index contributed by atoms with van der Waals surface area (Å²) in [4.78, 5) is 16.3. The van der Waals surface area contributed by atoms with Gasteiger partial charge in [-0.3, -0.25) is 9.36 Å². The average molecular weight is 252 g/mol. The van der Waals surface area contributed by atoms with Gasteiger partial charge in [-0.1, -0.05) is 0 Å². The quantitative estimate of drug-likeness (QED) is 0.796. The van der Waals surface area contributed by atoms with Crippen molar-refractivity contribution in [2.45, 2.75) is 12.6 Å². The summed E-state index contributed by atoms with van der Waals surface area (Å²) in [5.41, 5.74) is 0.760. The normalized spacial score (nSPS) is 20.8. The standard InChI is InChI=1S/C11H12N2O3S/c14-11-10-9(1-4-17-10)12-7-13(11)5-8-6-15-2-3-16-8/h1,4,7-8H,2-3,5-6H2/t8-/m0/s1. The molecule has 0 radical (unpaired) electrons. The molecule has 0 bridgehead atoms. The predicted octanol–water partition coefficient (Wildman–Crippen LogP) is 0.873. The maximum atomic E-state index is 12.1. The third-order valence-corrected chi connectivity index (χ3v) is 3.61. The number of fused-ring (bicyclic) bond motifs is 1. The molecule has 2 aromatic rings. The van der Waals surface area contributed by atoms with E-state index in [0.717, 1.165) is 5.52 Å². The summed E-state index contributed by atoms with van der Waals surface area (Å²) < 4.78 is 13.1. The van der Waals surface area contributed by atoms with Crippen LogP contribution in [0.3, 0.4) is 0 Å². The number of hydrogen-bond acceptors (Lipinski definition) is 5. The highest BCUT2D eigenvalue weighted by Gasteiger charge is 2.16. The molecule has 90 valence electrons. The largest absolute Gasteiger partial charge is 0.376 e. The Kier molecular flexibility index (Phi) is 2.92. The fourth-order valence-corrected chi connectivity index (χ4v) is 2.66. The van der Waals surface area contributed by atoms with Crippen molar-refractivity contribution in [2.24, 2.45) is 0 Å². The monoisotopic (exact) mass is 252 g/mol. The number of aromatic nitrogens is 2. The molecule has 0 N–H and O–H groups in total. The molecule has 17 heavy (non-hydrogen) atoms. The molecule has 1 fully saturated rings. The highest BCUT2D eigenvalue weighted by molar-refractivity contribution is 7.17. The molecule has 1 saturated heterocycles. The van der Waals surface area contributed by atoms with Gasteiger partial charge in [0, 0.05) is 0 Å². The number of hydrogen-bond donors (Lipinski definition) is 0. The van der Waals surface area contributed by atoms with Crippen LogP contribution in [0.5, 0.6) is 0 Å². The molecule has 3 heterocycles. The first-order valence-corrected chi connectivity index (χ1v) is 6.34. The highest BCUT2D eigenvalue weighted by Crippen LogP contribution is 2.13. The third kappa shape index (κ3) is 2.11. The minimum atomic E-state index is -0.0549. The van der Waals surface area contributed by atoms with E-state index in [9.17, 15) is 4.79 Å². The minimum absolute atomic E-state index is 0.000765. The van der Waals surface area contributed by atoms with Crippen molar-refractivity contribution in [3.05, 3.63) is 28.1 Å². The lowest BCUT2D eigenvalue weighted by atomic mass is 10.3. The first kappa shape index (κ1) is 10.9. The number of rotatable bonds is 2. The molecule has 2 aromatic heterocycles. The van der Waals surface area contributed by atoms with E-state index in [0.29, 0.717) is 31.1 Å². The molecular formula is C11H12N2O3S. The van der Waals surface area contributed by atoms with Gasteiger partial charge < -0.3 is 9.47 Å². The fraction of sp³-hybridized carbons (Fsp3) is 0.455. The van der Waals surface area contributed by atoms with Crippen molar-refractivity contribution in [1.29, 1.82) is 0 Å². The van der Waals surface area contributed by atoms with Crippen LogP contribution in [0.4, 0.5) is 0 Å². The van der Waals surface area contributed by atoms with Crippen molar-refractivity contribution in [1.82, 2.24) is 9.55 Å². The second-order valence-corrected chi connectivity index (χ2v) is 4.82. The average Bonchev–Trinajstić information content (AvgIpc) is 2.83. The molecule has 5 nitrogen and oxygen atoms in total. The molecule has 1 aliphatic heterocycles. The molecule has 0 amide bonds. The molecule has 1 aliphatic rings. The summed E-state index contributed by atoms with van der Waals surface area (Å²) in [7, 11) is 0. The van der Waals surface area contributed by atoms with Gasteiger partial charge in [0.2, 0.25) is 0 Å². The van der Waals surface area contributed by atoms with Crippen molar-refractivity contribution in [3.8, 4) is 0 Å². The smallest absolute Gasteiger partial charge is 0.271 e. The third-order valence-electron chi connectivity index (χ3n) is 2.72. The molecule has 6 heteroatoms. The lowest BCUT2D eigenvalue weighted by molar-refractivity contribution is -0.0939. The van der Waals surface area contributed by atoms with Gasteiger partial charge in [-0.25, -0.2) is 4.98 Å². The van der Waals surface area contributed by atoms with Crippen molar-refractivity contribution in [3.63, 3.8) is 0 Å². The highest BCUT2D eigenvalue weighted by atomic mass is 32.1. The summed E-state index contributed by atoms with van der Waals surface area (Å²) in [5, 5.41) is 1.88. The second kappa shape index (κ2) is 4.56. The number of thiophene rings is 1. The van der Waals surface area contributed by atoms with Gasteiger partial charge in [0.15, 0.2) is 0 Å². The van der Waals surface area contributed by atoms with E-state index >= 15 is 0 Å². The van der Waals surface area contributed by atoms with E-state index in [1.54, 1.807) is 10.9 Å². The van der Waals surface area contributed by atoms with Crippen LogP contribution >= 0.6 is 11.3 Å². The summed E-state index contributed by atoms with van der Waals surface area (Å²) in [6, 6.07) is 1.85. The molecule has 0 aliphatic carbocycles. The maximum Gasteiger partial charge on any atom is 0.271 e. The van der Waals surface area contributed by atoms with E-state index in [1.165, 1.54) is 11.3 Å². The van der Waals surface area contributed by atoms with E-state index in [2.05, 4.69) is 4.98 Å². The van der Waals surface area contributed by atoms with Crippen molar-refractivity contribution >= 4 is 21.6 Å². The van der Waals surface area contributed by atoms with Crippen molar-refractivity contribution in [2.75, 3.05) is 19.8 Å². The summed E-state index contributed by atoms with van der Waals surface area (Å²) in [5.74, 6) is 0. The minimum Gasteiger partial charge on any atom is -0.376 e. The molecule has 0 unspecified atom stereocenters. The zero-order chi connectivity index (χ0) is 11.7. The predicted molar refractivity (Wildman–Crippen MR) is 64.4 cm³/mol. The van der Waals surface area contributed by atoms with Crippen LogP contribution in [0, 0.1) is 0 Å². The Morgan fingerprint density at radius 3 is 3.29 bits per heavy atom. The topological polar surface area (TPSA) is 53.4 Å². The lowest BCUT2D eigenvalue weighted by Gasteiger charge is -2.23. The van der Waals surface area contributed by atoms with Gasteiger partial charge in [0.05, 0.1) is 44.3 Å². The van der Waals surface area contributed by atoms with Gasteiger partial charge in [-0.05, 0) is 11.4 Å². The Hall–Kier alpha value is -1.24. The van der Waals surface area contributed by atoms with Crippen LogP contribution in [0.2, 0.25) is 0 Å². The molecule has 3 rings (SSSR count). The Bertz CT molecular complexity index is 571. The lowest BCUT2D eigenvalue weighted by Crippen LogP contribution is -2.35. The summed E-state index contributed by atoms with van der Waals surface area (Å²) in [6.07, 6.45) is 1.52. The molecule has 1 atom stereocenters. The Labute approximate surface area is 102 Å². The first-order chi connectivity index (χ1) is 8.34. The molecule has 0 spiro atoms. The molecule has 0 aromatic carbocycles. The van der Waals surface area contributed by atoms with Crippen LogP contribution in [0.15, 0.2) is 22.6 Å². The summed E-state index contributed by atoms with van der Waals surface area (Å²) >= 11 is 1.42. The van der Waals surface area contributed by atoms with Gasteiger partial charge in [0.1, 0.15) is 4.70 Å². The summed E-state index contributed by atoms with van der Waals surface area (Å²) in [6.45, 7) is 2.26. The Morgan fingerprint density at radius 1 is 1.53 bits per heavy atom. The van der Waals surface area contributed by atoms with Crippen LogP contribution in [0.25, 0.3) is 10.2 Å². The first-order valence-electron chi connectivity index (χ1n) is 5.46. The molecule has 0 saturated carbocycles. The molecular weight excluding hydrogens is 240 g/mol. The van der Waals surface area contributed by atoms with Gasteiger partial charge in [-0.15, -0.1) is 11.3 Å². The van der Waals surface area contributed by atoms with Crippen molar-refractivity contribution < 1.29 is 9.47 Å². The van der Waals surface area contributed by atoms with Gasteiger partial charge in [0.25, 0.3) is 5.56 Å². The maximum absolute atomic E-state index is 12.1. The van der Waals surface area contributed by atoms with Gasteiger partial charge in [-0.2, -0.15) is 0 Å². The number of nitrogens with zero attached hydrogens (tertiary/aromatic N) is 2. The Morgan fingerprint density at radius 2 is 2.47 bits per heavy atom. The van der Waals surface area contributed by atoms with E-state index in [1.807, 2.05) is 11.4 Å². The van der Waals surface area contributed by atoms with Gasteiger partial charge >= 0.3 is 0 Å². The van der Waals surface area contributed by atoms with Crippen LogP contribution in [-0.2, 0) is 16.0 Å². The fourth-order valence-electron chi connectivity index (χ4n) is 1.87. The van der Waals surface area contributed by atoms with E-state index < -0.39 is 0 Å². The van der Waals surface area contributed by atoms with Crippen LogP contribution in [-0.4, -0.2) is 35.5 Å². The zero-order valence-corrected chi connectivity index (χ0v) is 9.98. The van der Waals surface area contributed by atoms with Crippen LogP contribution < -0.4 is 5.56 Å². The van der Waals surface area contributed by atoms with E-state index in [4.69, 9.17) is 9.47 Å². The number of ether oxygens (including phenoxy) is 2. The second-order valence-electron chi connectivity index (χ2n) is 3.90. The Balaban J connectivity index is 1.89. The van der Waals surface area contributed by atoms with E-state index in [-0.39, 0.29) is 11.7 Å². The zero-order valence-electron chi connectivity index (χ0n) is 9.17. The van der Waals surface area contributed by atoms with Crippen LogP contribution in [0.1, 0.15) is 0 Å². The SMILES string of the molecule is O=c1c2sccc2ncn1C[C@H]1COCCO1.